The van der Waals surface area contributed by atoms with Crippen molar-refractivity contribution in [2.45, 2.75) is 51.1 Å². The largest absolute Gasteiger partial charge is 0.497 e. The quantitative estimate of drug-likeness (QED) is 0.821. The molecule has 0 spiro atoms. The van der Waals surface area contributed by atoms with Crippen LogP contribution in [0.25, 0.3) is 10.9 Å². The van der Waals surface area contributed by atoms with Crippen molar-refractivity contribution >= 4 is 16.9 Å². The van der Waals surface area contributed by atoms with Gasteiger partial charge in [0, 0.05) is 36.7 Å². The summed E-state index contributed by atoms with van der Waals surface area (Å²) in [5.41, 5.74) is 2.12. The van der Waals surface area contributed by atoms with Crippen LogP contribution in [0.4, 0.5) is 0 Å². The van der Waals surface area contributed by atoms with Crippen LogP contribution in [-0.2, 0) is 13.6 Å². The number of carboxylic acids is 1. The number of methoxy groups -OCH3 is 1. The van der Waals surface area contributed by atoms with E-state index in [-0.39, 0.29) is 0 Å². The summed E-state index contributed by atoms with van der Waals surface area (Å²) in [6.07, 6.45) is 7.51. The maximum absolute atomic E-state index is 11.8. The molecule has 0 unspecified atom stereocenters. The van der Waals surface area contributed by atoms with Crippen molar-refractivity contribution in [1.29, 1.82) is 0 Å². The molecule has 130 valence electrons. The number of ether oxygens (including phenoxy) is 1. The molecule has 0 aliphatic heterocycles. The van der Waals surface area contributed by atoms with Crippen molar-refractivity contribution in [3.05, 3.63) is 29.5 Å². The lowest BCUT2D eigenvalue weighted by Gasteiger charge is -2.16. The zero-order chi connectivity index (χ0) is 17.1. The molecule has 1 fully saturated rings. The Hall–Kier alpha value is -2.01. The van der Waals surface area contributed by atoms with Gasteiger partial charge in [-0.25, -0.2) is 4.79 Å². The van der Waals surface area contributed by atoms with Gasteiger partial charge in [0.2, 0.25) is 0 Å². The number of carbonyl (C=O) groups is 1. The highest BCUT2D eigenvalue weighted by Crippen LogP contribution is 2.29. The summed E-state index contributed by atoms with van der Waals surface area (Å²) in [5.74, 6) is -0.145. The lowest BCUT2D eigenvalue weighted by molar-refractivity contribution is 0.0685. The number of rotatable bonds is 5. The predicted molar refractivity (Wildman–Crippen MR) is 94.8 cm³/mol. The number of carboxylic acid groups (broad SMARTS) is 1. The number of hydrogen-bond acceptors (Lipinski definition) is 3. The Morgan fingerprint density at radius 1 is 1.29 bits per heavy atom. The average molecular weight is 330 g/mol. The van der Waals surface area contributed by atoms with Gasteiger partial charge in [0.25, 0.3) is 0 Å². The van der Waals surface area contributed by atoms with Crippen LogP contribution in [0.5, 0.6) is 5.75 Å². The SMILES string of the molecule is COc1ccc2c(CNC3CCCCCC3)c(C(=O)O)n(C)c2c1. The molecule has 0 radical (unpaired) electrons. The van der Waals surface area contributed by atoms with Gasteiger partial charge in [0.05, 0.1) is 12.6 Å². The molecule has 2 aromatic rings. The second-order valence-electron chi connectivity index (χ2n) is 6.64. The molecule has 1 aromatic carbocycles. The van der Waals surface area contributed by atoms with Gasteiger partial charge in [-0.2, -0.15) is 0 Å². The number of aromatic carboxylic acids is 1. The number of aromatic nitrogens is 1. The summed E-state index contributed by atoms with van der Waals surface area (Å²) in [6.45, 7) is 0.593. The second-order valence-corrected chi connectivity index (χ2v) is 6.64. The van der Waals surface area contributed by atoms with Crippen LogP contribution in [0.15, 0.2) is 18.2 Å². The van der Waals surface area contributed by atoms with E-state index in [1.807, 2.05) is 18.2 Å². The van der Waals surface area contributed by atoms with Crippen molar-refractivity contribution in [2.24, 2.45) is 7.05 Å². The number of nitrogens with one attached hydrogen (secondary N) is 1. The molecule has 5 heteroatoms. The number of aryl methyl sites for hydroxylation is 1. The van der Waals surface area contributed by atoms with Gasteiger partial charge >= 0.3 is 5.97 Å². The minimum atomic E-state index is -0.884. The van der Waals surface area contributed by atoms with Crippen LogP contribution >= 0.6 is 0 Å². The molecule has 0 bridgehead atoms. The van der Waals surface area contributed by atoms with Crippen molar-refractivity contribution in [2.75, 3.05) is 7.11 Å². The van der Waals surface area contributed by atoms with E-state index in [1.165, 1.54) is 38.5 Å². The monoisotopic (exact) mass is 330 g/mol. The van der Waals surface area contributed by atoms with E-state index in [0.717, 1.165) is 22.2 Å². The first kappa shape index (κ1) is 16.8. The van der Waals surface area contributed by atoms with E-state index in [2.05, 4.69) is 5.32 Å². The lowest BCUT2D eigenvalue weighted by Crippen LogP contribution is -2.28. The van der Waals surface area contributed by atoms with Gasteiger partial charge in [-0.15, -0.1) is 0 Å². The third-order valence-electron chi connectivity index (χ3n) is 5.14. The van der Waals surface area contributed by atoms with Crippen molar-refractivity contribution in [3.63, 3.8) is 0 Å². The van der Waals surface area contributed by atoms with Gasteiger partial charge < -0.3 is 19.7 Å². The average Bonchev–Trinajstić information content (AvgIpc) is 2.73. The Morgan fingerprint density at radius 2 is 2.00 bits per heavy atom. The minimum absolute atomic E-state index is 0.361. The van der Waals surface area contributed by atoms with E-state index >= 15 is 0 Å². The van der Waals surface area contributed by atoms with Crippen LogP contribution in [-0.4, -0.2) is 28.8 Å². The molecular weight excluding hydrogens is 304 g/mol. The summed E-state index contributed by atoms with van der Waals surface area (Å²) in [7, 11) is 3.43. The Kier molecular flexibility index (Phi) is 5.09. The highest BCUT2D eigenvalue weighted by Gasteiger charge is 2.22. The Balaban J connectivity index is 1.92. The topological polar surface area (TPSA) is 63.5 Å². The van der Waals surface area contributed by atoms with E-state index in [9.17, 15) is 9.90 Å². The zero-order valence-electron chi connectivity index (χ0n) is 14.5. The minimum Gasteiger partial charge on any atom is -0.497 e. The fourth-order valence-electron chi connectivity index (χ4n) is 3.80. The summed E-state index contributed by atoms with van der Waals surface area (Å²) in [6, 6.07) is 6.24. The fraction of sp³-hybridized carbons (Fsp3) is 0.526. The molecular formula is C19H26N2O3. The van der Waals surface area contributed by atoms with Crippen LogP contribution in [0.1, 0.15) is 54.6 Å². The van der Waals surface area contributed by atoms with Crippen LogP contribution in [0.2, 0.25) is 0 Å². The predicted octanol–water partition coefficient (Wildman–Crippen LogP) is 3.70. The number of hydrogen-bond donors (Lipinski definition) is 2. The summed E-state index contributed by atoms with van der Waals surface area (Å²) < 4.78 is 7.03. The third-order valence-corrected chi connectivity index (χ3v) is 5.14. The number of benzene rings is 1. The molecule has 1 aliphatic carbocycles. The molecule has 1 heterocycles. The van der Waals surface area contributed by atoms with Crippen LogP contribution in [0, 0.1) is 0 Å². The Morgan fingerprint density at radius 3 is 2.62 bits per heavy atom. The summed E-state index contributed by atoms with van der Waals surface area (Å²) >= 11 is 0. The van der Waals surface area contributed by atoms with E-state index in [1.54, 1.807) is 18.7 Å². The zero-order valence-corrected chi connectivity index (χ0v) is 14.5. The second kappa shape index (κ2) is 7.26. The standard InChI is InChI=1S/C19H26N2O3/c1-21-17-11-14(24-2)9-10-15(17)16(18(21)19(22)23)12-20-13-7-5-3-4-6-8-13/h9-11,13,20H,3-8,12H2,1-2H3,(H,22,23). The fourth-order valence-corrected chi connectivity index (χ4v) is 3.80. The molecule has 0 saturated heterocycles. The van der Waals surface area contributed by atoms with Gasteiger partial charge in [-0.05, 0) is 25.0 Å². The molecule has 1 saturated carbocycles. The van der Waals surface area contributed by atoms with E-state index in [4.69, 9.17) is 4.74 Å². The Bertz CT molecular complexity index is 728. The van der Waals surface area contributed by atoms with Gasteiger partial charge in [0.1, 0.15) is 11.4 Å². The van der Waals surface area contributed by atoms with Gasteiger partial charge in [0.15, 0.2) is 0 Å². The van der Waals surface area contributed by atoms with Crippen molar-refractivity contribution < 1.29 is 14.6 Å². The smallest absolute Gasteiger partial charge is 0.352 e. The summed E-state index contributed by atoms with van der Waals surface area (Å²) in [4.78, 5) is 11.8. The molecule has 2 N–H and O–H groups in total. The van der Waals surface area contributed by atoms with Crippen LogP contribution < -0.4 is 10.1 Å². The molecule has 0 atom stereocenters. The van der Waals surface area contributed by atoms with E-state index in [0.29, 0.717) is 18.3 Å². The molecule has 0 amide bonds. The number of nitrogens with zero attached hydrogens (tertiary/aromatic N) is 1. The normalized spacial score (nSPS) is 16.2. The van der Waals surface area contributed by atoms with Gasteiger partial charge in [-0.3, -0.25) is 0 Å². The molecule has 1 aromatic heterocycles. The summed E-state index contributed by atoms with van der Waals surface area (Å²) in [5, 5.41) is 14.3. The van der Waals surface area contributed by atoms with Crippen molar-refractivity contribution in [3.8, 4) is 5.75 Å². The highest BCUT2D eigenvalue weighted by atomic mass is 16.5. The molecule has 3 rings (SSSR count). The van der Waals surface area contributed by atoms with Crippen LogP contribution in [0.3, 0.4) is 0 Å². The first-order valence-electron chi connectivity index (χ1n) is 8.73. The highest BCUT2D eigenvalue weighted by molar-refractivity contribution is 5.98. The van der Waals surface area contributed by atoms with Gasteiger partial charge in [-0.1, -0.05) is 25.7 Å². The maximum Gasteiger partial charge on any atom is 0.352 e. The first-order valence-corrected chi connectivity index (χ1v) is 8.73. The molecule has 1 aliphatic rings. The first-order chi connectivity index (χ1) is 11.6. The maximum atomic E-state index is 11.8. The molecule has 24 heavy (non-hydrogen) atoms. The molecule has 5 nitrogen and oxygen atoms in total. The van der Waals surface area contributed by atoms with Crippen molar-refractivity contribution in [1.82, 2.24) is 9.88 Å². The lowest BCUT2D eigenvalue weighted by atomic mass is 10.1. The number of fused-ring (bicyclic) bond motifs is 1. The van der Waals surface area contributed by atoms with E-state index < -0.39 is 5.97 Å². The third kappa shape index (κ3) is 3.26. The Labute approximate surface area is 142 Å².